The minimum absolute atomic E-state index is 0.180. The number of nitrogens with zero attached hydrogens (tertiary/aromatic N) is 6. The van der Waals surface area contributed by atoms with Crippen molar-refractivity contribution in [2.24, 2.45) is 0 Å². The van der Waals surface area contributed by atoms with Gasteiger partial charge in [-0.05, 0) is 64.4 Å². The summed E-state index contributed by atoms with van der Waals surface area (Å²) in [5.41, 5.74) is 4.38. The molecule has 0 saturated carbocycles. The lowest BCUT2D eigenvalue weighted by molar-refractivity contribution is 0.0214. The molecule has 5 heterocycles. The van der Waals surface area contributed by atoms with Crippen LogP contribution >= 0.6 is 0 Å². The van der Waals surface area contributed by atoms with Crippen molar-refractivity contribution in [2.45, 2.75) is 70.4 Å². The lowest BCUT2D eigenvalue weighted by Gasteiger charge is -2.45. The molecular formula is C33H38N6O3. The summed E-state index contributed by atoms with van der Waals surface area (Å²) in [6.45, 7) is 12.8. The van der Waals surface area contributed by atoms with Crippen LogP contribution in [-0.2, 0) is 11.3 Å². The second kappa shape index (κ2) is 10.1. The molecule has 0 spiro atoms. The Morgan fingerprint density at radius 1 is 1.07 bits per heavy atom. The second-order valence-electron chi connectivity index (χ2n) is 13.2. The fraction of sp³-hybridized carbons (Fsp3) is 0.485. The van der Waals surface area contributed by atoms with Gasteiger partial charge in [0.15, 0.2) is 0 Å². The van der Waals surface area contributed by atoms with Crippen LogP contribution < -0.4 is 14.5 Å². The van der Waals surface area contributed by atoms with Crippen LogP contribution in [0.25, 0.3) is 10.9 Å². The Labute approximate surface area is 247 Å². The first-order valence-corrected chi connectivity index (χ1v) is 15.0. The smallest absolute Gasteiger partial charge is 0.410 e. The molecule has 2 aromatic carbocycles. The minimum Gasteiger partial charge on any atom is -0.491 e. The molecule has 42 heavy (non-hydrogen) atoms. The summed E-state index contributed by atoms with van der Waals surface area (Å²) in [6, 6.07) is 17.9. The number of aromatic nitrogens is 1. The average Bonchev–Trinajstić information content (AvgIpc) is 3.52. The van der Waals surface area contributed by atoms with Crippen LogP contribution in [0.5, 0.6) is 5.75 Å². The zero-order valence-electron chi connectivity index (χ0n) is 24.8. The maximum Gasteiger partial charge on any atom is 0.410 e. The third-order valence-electron chi connectivity index (χ3n) is 9.19. The number of pyridine rings is 1. The number of benzene rings is 2. The molecular weight excluding hydrogens is 528 g/mol. The van der Waals surface area contributed by atoms with Gasteiger partial charge in [0.1, 0.15) is 24.0 Å². The van der Waals surface area contributed by atoms with E-state index in [9.17, 15) is 10.1 Å². The summed E-state index contributed by atoms with van der Waals surface area (Å²) in [5, 5.41) is 10.6. The Hall–Kier alpha value is -4.03. The zero-order chi connectivity index (χ0) is 29.2. The van der Waals surface area contributed by atoms with Crippen molar-refractivity contribution < 1.29 is 14.3 Å². The van der Waals surface area contributed by atoms with Gasteiger partial charge in [-0.2, -0.15) is 5.26 Å². The Balaban J connectivity index is 1.07. The molecule has 4 aliphatic rings. The molecule has 2 bridgehead atoms. The molecule has 3 saturated heterocycles. The van der Waals surface area contributed by atoms with Crippen LogP contribution in [0, 0.1) is 11.3 Å². The highest BCUT2D eigenvalue weighted by atomic mass is 16.6. The van der Waals surface area contributed by atoms with Crippen molar-refractivity contribution in [1.29, 1.82) is 5.26 Å². The molecule has 1 amide bonds. The second-order valence-corrected chi connectivity index (χ2v) is 13.2. The van der Waals surface area contributed by atoms with Crippen LogP contribution in [0.3, 0.4) is 0 Å². The highest BCUT2D eigenvalue weighted by Crippen LogP contribution is 2.39. The summed E-state index contributed by atoms with van der Waals surface area (Å²) in [5.74, 6) is 0.959. The Morgan fingerprint density at radius 3 is 2.69 bits per heavy atom. The number of nitriles is 1. The first kappa shape index (κ1) is 26.8. The summed E-state index contributed by atoms with van der Waals surface area (Å²) in [4.78, 5) is 26.6. The van der Waals surface area contributed by atoms with Crippen molar-refractivity contribution in [3.05, 3.63) is 59.8 Å². The first-order chi connectivity index (χ1) is 20.2. The molecule has 0 unspecified atom stereocenters. The highest BCUT2D eigenvalue weighted by Gasteiger charge is 2.47. The van der Waals surface area contributed by atoms with E-state index in [1.807, 2.05) is 37.8 Å². The van der Waals surface area contributed by atoms with Crippen LogP contribution in [0.4, 0.5) is 16.2 Å². The summed E-state index contributed by atoms with van der Waals surface area (Å²) in [7, 11) is 0. The fourth-order valence-corrected chi connectivity index (χ4v) is 7.27. The average molecular weight is 567 g/mol. The van der Waals surface area contributed by atoms with E-state index < -0.39 is 5.60 Å². The molecule has 9 nitrogen and oxygen atoms in total. The molecule has 4 atom stereocenters. The number of amides is 1. The maximum atomic E-state index is 12.7. The number of carbonyl (C=O) groups excluding carboxylic acids is 1. The number of carbonyl (C=O) groups is 1. The van der Waals surface area contributed by atoms with Gasteiger partial charge in [-0.25, -0.2) is 4.79 Å². The van der Waals surface area contributed by atoms with E-state index in [1.165, 1.54) is 5.56 Å². The molecule has 4 aliphatic heterocycles. The SMILES string of the molecule is C[C@@H]1CN(c2ccc(C#N)c3ncccc23)C[C@@H]2COc3cc(N4C[C@H]5C[C@@H]4CN5C(=O)OC(C)(C)C)ccc3CN21. The predicted molar refractivity (Wildman–Crippen MR) is 162 cm³/mol. The van der Waals surface area contributed by atoms with Crippen molar-refractivity contribution in [2.75, 3.05) is 42.6 Å². The number of ether oxygens (including phenoxy) is 2. The summed E-state index contributed by atoms with van der Waals surface area (Å²) in [6.07, 6.45) is 2.52. The van der Waals surface area contributed by atoms with Gasteiger partial charge in [0.2, 0.25) is 0 Å². The van der Waals surface area contributed by atoms with Crippen molar-refractivity contribution in [3.63, 3.8) is 0 Å². The van der Waals surface area contributed by atoms with Crippen LogP contribution in [-0.4, -0.2) is 83.4 Å². The third-order valence-corrected chi connectivity index (χ3v) is 9.19. The number of hydrogen-bond donors (Lipinski definition) is 0. The Bertz CT molecular complexity index is 1580. The number of rotatable bonds is 2. The number of fused-ring (bicyclic) bond motifs is 5. The standard InChI is InChI=1S/C33H38N6O3/c1-21-15-36(29-10-8-22(14-34)31-28(29)6-5-11-35-31)17-27-20-41-30-13-24(9-7-23(30)16-37(21)27)38-18-26-12-25(38)19-39(26)32(40)42-33(2,3)4/h5-11,13,21,25-27H,12,15-20H2,1-4H3/t21-,25-,26-,27-/m1/s1. The van der Waals surface area contributed by atoms with E-state index >= 15 is 0 Å². The van der Waals surface area contributed by atoms with E-state index in [0.29, 0.717) is 30.8 Å². The van der Waals surface area contributed by atoms with Crippen LogP contribution in [0.2, 0.25) is 0 Å². The number of anilines is 2. The van der Waals surface area contributed by atoms with E-state index in [0.717, 1.165) is 60.6 Å². The number of piperazine rings is 2. The molecule has 9 heteroatoms. The van der Waals surface area contributed by atoms with E-state index in [2.05, 4.69) is 63.0 Å². The normalized spacial score (nSPS) is 25.5. The topological polar surface area (TPSA) is 85.2 Å². The van der Waals surface area contributed by atoms with Gasteiger partial charge in [-0.3, -0.25) is 9.88 Å². The quantitative estimate of drug-likeness (QED) is 0.439. The van der Waals surface area contributed by atoms with Crippen LogP contribution in [0.1, 0.15) is 45.2 Å². The summed E-state index contributed by atoms with van der Waals surface area (Å²) >= 11 is 0. The molecule has 3 aromatic rings. The predicted octanol–water partition coefficient (Wildman–Crippen LogP) is 4.78. The summed E-state index contributed by atoms with van der Waals surface area (Å²) < 4.78 is 12.2. The van der Waals surface area contributed by atoms with Gasteiger partial charge < -0.3 is 24.2 Å². The Kier molecular flexibility index (Phi) is 6.43. The van der Waals surface area contributed by atoms with Gasteiger partial charge in [-0.15, -0.1) is 0 Å². The number of likely N-dealkylation sites (tertiary alicyclic amines) is 1. The van der Waals surface area contributed by atoms with Crippen molar-refractivity contribution in [1.82, 2.24) is 14.8 Å². The lowest BCUT2D eigenvalue weighted by atomic mass is 10.0. The van der Waals surface area contributed by atoms with Gasteiger partial charge in [-0.1, -0.05) is 6.07 Å². The molecule has 0 aliphatic carbocycles. The first-order valence-electron chi connectivity index (χ1n) is 15.0. The van der Waals surface area contributed by atoms with E-state index in [-0.39, 0.29) is 18.2 Å². The van der Waals surface area contributed by atoms with E-state index in [4.69, 9.17) is 9.47 Å². The van der Waals surface area contributed by atoms with Gasteiger partial charge in [0.05, 0.1) is 23.2 Å². The van der Waals surface area contributed by atoms with Gasteiger partial charge in [0, 0.05) is 79.4 Å². The zero-order valence-corrected chi connectivity index (χ0v) is 24.8. The van der Waals surface area contributed by atoms with Gasteiger partial charge in [0.25, 0.3) is 0 Å². The van der Waals surface area contributed by atoms with Crippen LogP contribution in [0.15, 0.2) is 48.7 Å². The molecule has 3 fully saturated rings. The number of hydrogen-bond acceptors (Lipinski definition) is 8. The molecule has 0 N–H and O–H groups in total. The minimum atomic E-state index is -0.484. The highest BCUT2D eigenvalue weighted by molar-refractivity contribution is 5.95. The van der Waals surface area contributed by atoms with Crippen molar-refractivity contribution in [3.8, 4) is 11.8 Å². The fourth-order valence-electron chi connectivity index (χ4n) is 7.27. The third kappa shape index (κ3) is 4.68. The molecule has 218 valence electrons. The monoisotopic (exact) mass is 566 g/mol. The maximum absolute atomic E-state index is 12.7. The van der Waals surface area contributed by atoms with Crippen molar-refractivity contribution >= 4 is 28.4 Å². The molecule has 0 radical (unpaired) electrons. The lowest BCUT2D eigenvalue weighted by Crippen LogP contribution is -2.58. The largest absolute Gasteiger partial charge is 0.491 e. The van der Waals surface area contributed by atoms with Gasteiger partial charge >= 0.3 is 6.09 Å². The van der Waals surface area contributed by atoms with E-state index in [1.54, 1.807) is 6.20 Å². The molecule has 7 rings (SSSR count). The molecule has 1 aromatic heterocycles. The Morgan fingerprint density at radius 2 is 1.93 bits per heavy atom.